The van der Waals surface area contributed by atoms with Crippen molar-refractivity contribution >= 4 is 17.4 Å². The van der Waals surface area contributed by atoms with Crippen molar-refractivity contribution in [2.24, 2.45) is 5.92 Å². The van der Waals surface area contributed by atoms with E-state index < -0.39 is 0 Å². The molecule has 4 nitrogen and oxygen atoms in total. The molecule has 0 spiro atoms. The standard InChI is InChI=1S/C15H23N3O/c1-3-18(14-8-4-7-13(16)10-14)15(19)17-9-5-6-12(2)11-17/h4,7-8,10,12H,3,5-6,9,11,16H2,1-2H3. The highest BCUT2D eigenvalue weighted by Crippen LogP contribution is 2.22. The van der Waals surface area contributed by atoms with Crippen molar-refractivity contribution in [1.82, 2.24) is 4.90 Å². The molecule has 1 fully saturated rings. The van der Waals surface area contributed by atoms with Gasteiger partial charge in [-0.05, 0) is 43.9 Å². The highest BCUT2D eigenvalue weighted by molar-refractivity contribution is 5.92. The number of urea groups is 1. The monoisotopic (exact) mass is 261 g/mol. The van der Waals surface area contributed by atoms with Crippen LogP contribution in [0.4, 0.5) is 16.2 Å². The van der Waals surface area contributed by atoms with E-state index in [1.54, 1.807) is 4.90 Å². The first-order valence-electron chi connectivity index (χ1n) is 7.03. The predicted octanol–water partition coefficient (Wildman–Crippen LogP) is 2.95. The quantitative estimate of drug-likeness (QED) is 0.832. The summed E-state index contributed by atoms with van der Waals surface area (Å²) in [7, 11) is 0. The zero-order chi connectivity index (χ0) is 13.8. The van der Waals surface area contributed by atoms with Gasteiger partial charge in [-0.25, -0.2) is 4.79 Å². The van der Waals surface area contributed by atoms with Crippen molar-refractivity contribution in [3.63, 3.8) is 0 Å². The summed E-state index contributed by atoms with van der Waals surface area (Å²) in [4.78, 5) is 16.4. The molecular weight excluding hydrogens is 238 g/mol. The fourth-order valence-corrected chi connectivity index (χ4v) is 2.65. The summed E-state index contributed by atoms with van der Waals surface area (Å²) in [6, 6.07) is 7.61. The summed E-state index contributed by atoms with van der Waals surface area (Å²) in [5.41, 5.74) is 7.37. The number of anilines is 2. The molecule has 1 saturated heterocycles. The largest absolute Gasteiger partial charge is 0.399 e. The first kappa shape index (κ1) is 13.7. The van der Waals surface area contributed by atoms with E-state index in [2.05, 4.69) is 6.92 Å². The maximum Gasteiger partial charge on any atom is 0.324 e. The number of nitrogen functional groups attached to an aromatic ring is 1. The molecule has 0 bridgehead atoms. The fraction of sp³-hybridized carbons (Fsp3) is 0.533. The molecule has 104 valence electrons. The van der Waals surface area contributed by atoms with Crippen LogP contribution in [0.2, 0.25) is 0 Å². The Morgan fingerprint density at radius 1 is 1.53 bits per heavy atom. The SMILES string of the molecule is CCN(C(=O)N1CCCC(C)C1)c1cccc(N)c1. The molecule has 0 aromatic heterocycles. The van der Waals surface area contributed by atoms with E-state index in [0.29, 0.717) is 18.2 Å². The van der Waals surface area contributed by atoms with Gasteiger partial charge in [0.1, 0.15) is 0 Å². The molecular formula is C15H23N3O. The molecule has 0 saturated carbocycles. The van der Waals surface area contributed by atoms with E-state index in [-0.39, 0.29) is 6.03 Å². The van der Waals surface area contributed by atoms with Crippen LogP contribution in [0.25, 0.3) is 0 Å². The molecule has 19 heavy (non-hydrogen) atoms. The summed E-state index contributed by atoms with van der Waals surface area (Å²) >= 11 is 0. The number of amides is 2. The molecule has 0 radical (unpaired) electrons. The summed E-state index contributed by atoms with van der Waals surface area (Å²) in [6.07, 6.45) is 2.32. The Morgan fingerprint density at radius 3 is 2.95 bits per heavy atom. The number of carbonyl (C=O) groups is 1. The lowest BCUT2D eigenvalue weighted by atomic mass is 10.0. The minimum absolute atomic E-state index is 0.0969. The number of likely N-dealkylation sites (tertiary alicyclic amines) is 1. The third-order valence-corrected chi connectivity index (χ3v) is 3.66. The average molecular weight is 261 g/mol. The maximum absolute atomic E-state index is 12.6. The van der Waals surface area contributed by atoms with Crippen LogP contribution in [0.1, 0.15) is 26.7 Å². The van der Waals surface area contributed by atoms with Crippen LogP contribution in [0.15, 0.2) is 24.3 Å². The maximum atomic E-state index is 12.6. The van der Waals surface area contributed by atoms with Crippen LogP contribution in [-0.4, -0.2) is 30.6 Å². The van der Waals surface area contributed by atoms with Crippen LogP contribution >= 0.6 is 0 Å². The van der Waals surface area contributed by atoms with E-state index in [4.69, 9.17) is 5.73 Å². The highest BCUT2D eigenvalue weighted by Gasteiger charge is 2.25. The molecule has 4 heteroatoms. The number of carbonyl (C=O) groups excluding carboxylic acids is 1. The van der Waals surface area contributed by atoms with E-state index in [1.807, 2.05) is 36.1 Å². The van der Waals surface area contributed by atoms with Gasteiger partial charge in [0.05, 0.1) is 0 Å². The molecule has 1 aliphatic heterocycles. The highest BCUT2D eigenvalue weighted by atomic mass is 16.2. The Balaban J connectivity index is 2.15. The minimum Gasteiger partial charge on any atom is -0.399 e. The van der Waals surface area contributed by atoms with Gasteiger partial charge in [-0.3, -0.25) is 4.90 Å². The van der Waals surface area contributed by atoms with Crippen molar-refractivity contribution in [3.05, 3.63) is 24.3 Å². The second kappa shape index (κ2) is 5.95. The average Bonchev–Trinajstić information content (AvgIpc) is 2.39. The molecule has 1 heterocycles. The number of nitrogens with zero attached hydrogens (tertiary/aromatic N) is 2. The second-order valence-electron chi connectivity index (χ2n) is 5.32. The van der Waals surface area contributed by atoms with Gasteiger partial charge >= 0.3 is 6.03 Å². The fourth-order valence-electron chi connectivity index (χ4n) is 2.65. The normalized spacial score (nSPS) is 19.3. The summed E-state index contributed by atoms with van der Waals surface area (Å²) in [6.45, 7) is 6.58. The summed E-state index contributed by atoms with van der Waals surface area (Å²) in [5.74, 6) is 0.595. The van der Waals surface area contributed by atoms with Crippen LogP contribution in [-0.2, 0) is 0 Å². The zero-order valence-electron chi connectivity index (χ0n) is 11.8. The first-order chi connectivity index (χ1) is 9.11. The Kier molecular flexibility index (Phi) is 4.30. The molecule has 1 unspecified atom stereocenters. The molecule has 2 N–H and O–H groups in total. The lowest BCUT2D eigenvalue weighted by molar-refractivity contribution is 0.176. The van der Waals surface area contributed by atoms with E-state index in [9.17, 15) is 4.79 Å². The Morgan fingerprint density at radius 2 is 2.32 bits per heavy atom. The number of rotatable bonds is 2. The van der Waals surface area contributed by atoms with Crippen LogP contribution in [0.5, 0.6) is 0 Å². The Labute approximate surface area is 115 Å². The van der Waals surface area contributed by atoms with E-state index in [1.165, 1.54) is 6.42 Å². The number of benzene rings is 1. The Bertz CT molecular complexity index is 447. The summed E-state index contributed by atoms with van der Waals surface area (Å²) in [5, 5.41) is 0. The van der Waals surface area contributed by atoms with Gasteiger partial charge in [0.25, 0.3) is 0 Å². The van der Waals surface area contributed by atoms with Gasteiger partial charge in [-0.1, -0.05) is 13.0 Å². The van der Waals surface area contributed by atoms with Crippen LogP contribution < -0.4 is 10.6 Å². The van der Waals surface area contributed by atoms with Crippen molar-refractivity contribution in [1.29, 1.82) is 0 Å². The lowest BCUT2D eigenvalue weighted by Gasteiger charge is -2.35. The predicted molar refractivity (Wildman–Crippen MR) is 79.2 cm³/mol. The molecule has 2 amide bonds. The lowest BCUT2D eigenvalue weighted by Crippen LogP contribution is -2.47. The van der Waals surface area contributed by atoms with Gasteiger partial charge in [-0.15, -0.1) is 0 Å². The van der Waals surface area contributed by atoms with Gasteiger partial charge in [0, 0.05) is 31.0 Å². The number of hydrogen-bond acceptors (Lipinski definition) is 2. The molecule has 1 aliphatic rings. The second-order valence-corrected chi connectivity index (χ2v) is 5.32. The van der Waals surface area contributed by atoms with Gasteiger partial charge in [0.15, 0.2) is 0 Å². The third-order valence-electron chi connectivity index (χ3n) is 3.66. The van der Waals surface area contributed by atoms with Crippen molar-refractivity contribution in [2.45, 2.75) is 26.7 Å². The third kappa shape index (κ3) is 3.19. The van der Waals surface area contributed by atoms with E-state index >= 15 is 0 Å². The van der Waals surface area contributed by atoms with Gasteiger partial charge in [0.2, 0.25) is 0 Å². The molecule has 0 aliphatic carbocycles. The van der Waals surface area contributed by atoms with Crippen LogP contribution in [0.3, 0.4) is 0 Å². The molecule has 1 aromatic carbocycles. The van der Waals surface area contributed by atoms with Crippen molar-refractivity contribution in [3.8, 4) is 0 Å². The van der Waals surface area contributed by atoms with Gasteiger partial charge < -0.3 is 10.6 Å². The van der Waals surface area contributed by atoms with E-state index in [0.717, 1.165) is 25.2 Å². The summed E-state index contributed by atoms with van der Waals surface area (Å²) < 4.78 is 0. The first-order valence-corrected chi connectivity index (χ1v) is 7.03. The zero-order valence-corrected chi connectivity index (χ0v) is 11.8. The number of nitrogens with two attached hydrogens (primary N) is 1. The molecule has 2 rings (SSSR count). The van der Waals surface area contributed by atoms with Crippen LogP contribution in [0, 0.1) is 5.92 Å². The minimum atomic E-state index is 0.0969. The molecule has 1 aromatic rings. The molecule has 1 atom stereocenters. The number of hydrogen-bond donors (Lipinski definition) is 1. The smallest absolute Gasteiger partial charge is 0.324 e. The Hall–Kier alpha value is -1.71. The van der Waals surface area contributed by atoms with Gasteiger partial charge in [-0.2, -0.15) is 0 Å². The topological polar surface area (TPSA) is 49.6 Å². The number of piperidine rings is 1. The van der Waals surface area contributed by atoms with Crippen molar-refractivity contribution in [2.75, 3.05) is 30.3 Å². The van der Waals surface area contributed by atoms with Crippen molar-refractivity contribution < 1.29 is 4.79 Å².